The molecule has 1 aliphatic carbocycles. The molecule has 1 aliphatic heterocycles. The van der Waals surface area contributed by atoms with Gasteiger partial charge in [-0.15, -0.1) is 0 Å². The predicted molar refractivity (Wildman–Crippen MR) is 59.1 cm³/mol. The van der Waals surface area contributed by atoms with E-state index in [2.05, 4.69) is 10.6 Å². The Hall–Kier alpha value is -0.810. The van der Waals surface area contributed by atoms with Gasteiger partial charge in [-0.3, -0.25) is 0 Å². The molecular weight excluding hydrogens is 208 g/mol. The highest BCUT2D eigenvalue weighted by Gasteiger charge is 2.47. The Morgan fingerprint density at radius 3 is 2.69 bits per heavy atom. The molecule has 4 atom stereocenters. The Balaban J connectivity index is 1.88. The first-order valence-electron chi connectivity index (χ1n) is 5.78. The van der Waals surface area contributed by atoms with Crippen LogP contribution in [-0.4, -0.2) is 41.5 Å². The number of amides is 1. The first-order chi connectivity index (χ1) is 7.37. The molecule has 5 nitrogen and oxygen atoms in total. The molecule has 5 heteroatoms. The van der Waals surface area contributed by atoms with E-state index in [0.717, 1.165) is 13.0 Å². The van der Waals surface area contributed by atoms with E-state index in [4.69, 9.17) is 4.74 Å². The highest BCUT2D eigenvalue weighted by Crippen LogP contribution is 2.31. The van der Waals surface area contributed by atoms with E-state index in [-0.39, 0.29) is 18.0 Å². The summed E-state index contributed by atoms with van der Waals surface area (Å²) in [5, 5.41) is 15.9. The van der Waals surface area contributed by atoms with Gasteiger partial charge in [0.2, 0.25) is 0 Å². The lowest BCUT2D eigenvalue weighted by Crippen LogP contribution is -2.55. The van der Waals surface area contributed by atoms with Crippen LogP contribution in [-0.2, 0) is 4.74 Å². The fraction of sp³-hybridized carbons (Fsp3) is 0.909. The summed E-state index contributed by atoms with van der Waals surface area (Å²) in [7, 11) is 0. The zero-order valence-corrected chi connectivity index (χ0v) is 9.99. The second kappa shape index (κ2) is 3.89. The van der Waals surface area contributed by atoms with Crippen molar-refractivity contribution in [1.82, 2.24) is 10.6 Å². The topological polar surface area (TPSA) is 70.6 Å². The van der Waals surface area contributed by atoms with Gasteiger partial charge in [-0.25, -0.2) is 4.79 Å². The number of carbonyl (C=O) groups excluding carboxylic acids is 1. The van der Waals surface area contributed by atoms with E-state index in [1.165, 1.54) is 0 Å². The van der Waals surface area contributed by atoms with Gasteiger partial charge < -0.3 is 20.5 Å². The van der Waals surface area contributed by atoms with Gasteiger partial charge in [-0.2, -0.15) is 0 Å². The van der Waals surface area contributed by atoms with E-state index >= 15 is 0 Å². The molecule has 0 radical (unpaired) electrons. The fourth-order valence-corrected chi connectivity index (χ4v) is 2.49. The molecule has 0 aromatic rings. The lowest BCUT2D eigenvalue weighted by molar-refractivity contribution is 0.0368. The third kappa shape index (κ3) is 2.30. The molecule has 3 N–H and O–H groups in total. The molecule has 0 unspecified atom stereocenters. The third-order valence-electron chi connectivity index (χ3n) is 3.17. The molecule has 2 aliphatic rings. The molecule has 92 valence electrons. The summed E-state index contributed by atoms with van der Waals surface area (Å²) in [6.07, 6.45) is 0.0337. The highest BCUT2D eigenvalue weighted by atomic mass is 16.6. The molecule has 1 saturated carbocycles. The Labute approximate surface area is 95.5 Å². The van der Waals surface area contributed by atoms with E-state index in [1.54, 1.807) is 0 Å². The van der Waals surface area contributed by atoms with Crippen LogP contribution >= 0.6 is 0 Å². The molecule has 0 spiro atoms. The fourth-order valence-electron chi connectivity index (χ4n) is 2.49. The second-order valence-corrected chi connectivity index (χ2v) is 5.67. The number of rotatable bonds is 1. The lowest BCUT2D eigenvalue weighted by Gasteiger charge is -2.29. The minimum absolute atomic E-state index is 0.188. The van der Waals surface area contributed by atoms with Crippen molar-refractivity contribution >= 4 is 6.09 Å². The van der Waals surface area contributed by atoms with Gasteiger partial charge in [0.05, 0.1) is 12.1 Å². The van der Waals surface area contributed by atoms with Crippen LogP contribution in [0.4, 0.5) is 4.79 Å². The maximum absolute atomic E-state index is 11.6. The molecule has 1 amide bonds. The summed E-state index contributed by atoms with van der Waals surface area (Å²) >= 11 is 0. The molecule has 0 aromatic carbocycles. The Bertz CT molecular complexity index is 285. The van der Waals surface area contributed by atoms with E-state index in [9.17, 15) is 9.90 Å². The number of aliphatic hydroxyl groups excluding tert-OH is 1. The molecule has 1 heterocycles. The molecule has 1 saturated heterocycles. The third-order valence-corrected chi connectivity index (χ3v) is 3.17. The minimum Gasteiger partial charge on any atom is -0.444 e. The lowest BCUT2D eigenvalue weighted by atomic mass is 10.0. The van der Waals surface area contributed by atoms with Crippen molar-refractivity contribution in [3.63, 3.8) is 0 Å². The summed E-state index contributed by atoms with van der Waals surface area (Å²) in [4.78, 5) is 11.6. The monoisotopic (exact) mass is 228 g/mol. The average molecular weight is 228 g/mol. The standard InChI is InChI=1S/C11H20N2O3/c1-11(2,3)16-10(15)13-8-7-4-6(5-12-7)9(8)14/h6-9,12,14H,4-5H2,1-3H3,(H,13,15)/t6-,7+,8+,9+/m0/s1. The average Bonchev–Trinajstić information content (AvgIpc) is 2.66. The van der Waals surface area contributed by atoms with Crippen molar-refractivity contribution in [1.29, 1.82) is 0 Å². The van der Waals surface area contributed by atoms with Crippen LogP contribution in [0.1, 0.15) is 27.2 Å². The molecule has 2 bridgehead atoms. The normalized spacial score (nSPS) is 37.5. The summed E-state index contributed by atoms with van der Waals surface area (Å²) in [6.45, 7) is 6.31. The van der Waals surface area contributed by atoms with Gasteiger partial charge >= 0.3 is 6.09 Å². The highest BCUT2D eigenvalue weighted by molar-refractivity contribution is 5.68. The van der Waals surface area contributed by atoms with E-state index in [1.807, 2.05) is 20.8 Å². The van der Waals surface area contributed by atoms with Crippen LogP contribution in [0.3, 0.4) is 0 Å². The molecular formula is C11H20N2O3. The van der Waals surface area contributed by atoms with Crippen LogP contribution in [0.25, 0.3) is 0 Å². The SMILES string of the molecule is CC(C)(C)OC(=O)N[C@H]1[C@H](O)[C@@H]2CN[C@@H]1C2. The first kappa shape index (κ1) is 11.7. The van der Waals surface area contributed by atoms with Gasteiger partial charge in [-0.1, -0.05) is 0 Å². The van der Waals surface area contributed by atoms with Crippen molar-refractivity contribution in [2.75, 3.05) is 6.54 Å². The number of piperidine rings is 1. The Kier molecular flexibility index (Phi) is 2.84. The summed E-state index contributed by atoms with van der Waals surface area (Å²) in [6, 6.07) is -0.0267. The predicted octanol–water partition coefficient (Wildman–Crippen LogP) is 0.232. The van der Waals surface area contributed by atoms with Crippen LogP contribution in [0.5, 0.6) is 0 Å². The Morgan fingerprint density at radius 2 is 2.19 bits per heavy atom. The summed E-state index contributed by atoms with van der Waals surface area (Å²) < 4.78 is 5.17. The summed E-state index contributed by atoms with van der Waals surface area (Å²) in [5.74, 6) is 0.268. The second-order valence-electron chi connectivity index (χ2n) is 5.67. The quantitative estimate of drug-likeness (QED) is 0.601. The number of hydrogen-bond acceptors (Lipinski definition) is 4. The molecule has 2 fully saturated rings. The number of hydrogen-bond donors (Lipinski definition) is 3. The zero-order valence-electron chi connectivity index (χ0n) is 9.99. The van der Waals surface area contributed by atoms with Crippen LogP contribution in [0, 0.1) is 5.92 Å². The maximum Gasteiger partial charge on any atom is 0.408 e. The molecule has 2 rings (SSSR count). The van der Waals surface area contributed by atoms with Crippen LogP contribution < -0.4 is 10.6 Å². The number of ether oxygens (including phenoxy) is 1. The van der Waals surface area contributed by atoms with Crippen molar-refractivity contribution < 1.29 is 14.6 Å². The van der Waals surface area contributed by atoms with Crippen molar-refractivity contribution in [3.8, 4) is 0 Å². The zero-order chi connectivity index (χ0) is 11.9. The van der Waals surface area contributed by atoms with Crippen LogP contribution in [0.15, 0.2) is 0 Å². The maximum atomic E-state index is 11.6. The van der Waals surface area contributed by atoms with Gasteiger partial charge in [0, 0.05) is 18.5 Å². The van der Waals surface area contributed by atoms with Gasteiger partial charge in [0.15, 0.2) is 0 Å². The molecule has 0 aromatic heterocycles. The van der Waals surface area contributed by atoms with E-state index < -0.39 is 17.8 Å². The van der Waals surface area contributed by atoms with Gasteiger partial charge in [-0.05, 0) is 27.2 Å². The number of nitrogens with one attached hydrogen (secondary N) is 2. The van der Waals surface area contributed by atoms with Crippen molar-refractivity contribution in [2.24, 2.45) is 5.92 Å². The Morgan fingerprint density at radius 1 is 1.50 bits per heavy atom. The first-order valence-corrected chi connectivity index (χ1v) is 5.78. The van der Waals surface area contributed by atoms with Gasteiger partial charge in [0.25, 0.3) is 0 Å². The number of alkyl carbamates (subject to hydrolysis) is 1. The van der Waals surface area contributed by atoms with Crippen molar-refractivity contribution in [3.05, 3.63) is 0 Å². The number of aliphatic hydroxyl groups is 1. The van der Waals surface area contributed by atoms with Crippen molar-refractivity contribution in [2.45, 2.75) is 51.0 Å². The van der Waals surface area contributed by atoms with E-state index in [0.29, 0.717) is 0 Å². The minimum atomic E-state index is -0.500. The number of carbonyl (C=O) groups is 1. The largest absolute Gasteiger partial charge is 0.444 e. The van der Waals surface area contributed by atoms with Gasteiger partial charge in [0.1, 0.15) is 5.60 Å². The smallest absolute Gasteiger partial charge is 0.408 e. The van der Waals surface area contributed by atoms with Crippen LogP contribution in [0.2, 0.25) is 0 Å². The molecule has 16 heavy (non-hydrogen) atoms. The summed E-state index contributed by atoms with van der Waals surface area (Å²) in [5.41, 5.74) is -0.500. The number of fused-ring (bicyclic) bond motifs is 2.